The molecule has 0 aliphatic carbocycles. The number of amides is 1. The number of methoxy groups -OCH3 is 1. The average molecular weight is 390 g/mol. The van der Waals surface area contributed by atoms with Crippen molar-refractivity contribution in [3.8, 4) is 5.75 Å². The van der Waals surface area contributed by atoms with Gasteiger partial charge in [-0.3, -0.25) is 4.79 Å². The van der Waals surface area contributed by atoms with Crippen molar-refractivity contribution in [2.45, 2.75) is 23.8 Å². The fourth-order valence-electron chi connectivity index (χ4n) is 2.82. The fraction of sp³-hybridized carbons (Fsp3) is 0.316. The highest BCUT2D eigenvalue weighted by atomic mass is 32.2. The number of carbonyl (C=O) groups excluding carboxylic acids is 1. The number of para-hydroxylation sites is 2. The van der Waals surface area contributed by atoms with Crippen molar-refractivity contribution in [1.82, 2.24) is 4.72 Å². The molecule has 1 aliphatic heterocycles. The molecule has 0 spiro atoms. The Morgan fingerprint density at radius 3 is 2.59 bits per heavy atom. The molecule has 27 heavy (non-hydrogen) atoms. The monoisotopic (exact) mass is 390 g/mol. The molecule has 1 heterocycles. The molecule has 2 aromatic carbocycles. The summed E-state index contributed by atoms with van der Waals surface area (Å²) in [6.07, 6.45) is 1.72. The van der Waals surface area contributed by atoms with Gasteiger partial charge in [-0.1, -0.05) is 12.1 Å². The third-order valence-corrected chi connectivity index (χ3v) is 5.75. The molecule has 0 unspecified atom stereocenters. The largest absolute Gasteiger partial charge is 0.495 e. The molecule has 144 valence electrons. The molecule has 7 nitrogen and oxygen atoms in total. The lowest BCUT2D eigenvalue weighted by molar-refractivity contribution is 0.102. The van der Waals surface area contributed by atoms with Gasteiger partial charge in [-0.25, -0.2) is 13.1 Å². The molecule has 2 aromatic rings. The average Bonchev–Trinajstić information content (AvgIpc) is 3.21. The van der Waals surface area contributed by atoms with E-state index in [1.807, 2.05) is 0 Å². The highest BCUT2D eigenvalue weighted by Crippen LogP contribution is 2.24. The van der Waals surface area contributed by atoms with Crippen molar-refractivity contribution in [1.29, 1.82) is 0 Å². The first-order valence-electron chi connectivity index (χ1n) is 8.65. The van der Waals surface area contributed by atoms with Gasteiger partial charge in [-0.05, 0) is 49.2 Å². The van der Waals surface area contributed by atoms with Gasteiger partial charge in [0.2, 0.25) is 10.0 Å². The van der Waals surface area contributed by atoms with E-state index in [4.69, 9.17) is 9.47 Å². The van der Waals surface area contributed by atoms with Crippen LogP contribution >= 0.6 is 0 Å². The van der Waals surface area contributed by atoms with Crippen LogP contribution in [0.25, 0.3) is 0 Å². The van der Waals surface area contributed by atoms with Crippen LogP contribution in [0.15, 0.2) is 53.4 Å². The van der Waals surface area contributed by atoms with Crippen LogP contribution in [0, 0.1) is 0 Å². The van der Waals surface area contributed by atoms with Crippen molar-refractivity contribution < 1.29 is 22.7 Å². The van der Waals surface area contributed by atoms with Gasteiger partial charge in [0, 0.05) is 18.7 Å². The number of hydrogen-bond donors (Lipinski definition) is 2. The maximum atomic E-state index is 12.4. The first-order chi connectivity index (χ1) is 13.0. The molecule has 1 amide bonds. The molecular weight excluding hydrogens is 368 g/mol. The summed E-state index contributed by atoms with van der Waals surface area (Å²) in [6, 6.07) is 12.8. The van der Waals surface area contributed by atoms with E-state index in [0.717, 1.165) is 12.8 Å². The highest BCUT2D eigenvalue weighted by molar-refractivity contribution is 7.89. The van der Waals surface area contributed by atoms with E-state index < -0.39 is 10.0 Å². The zero-order valence-corrected chi connectivity index (χ0v) is 15.8. The zero-order chi connectivity index (χ0) is 19.3. The lowest BCUT2D eigenvalue weighted by Crippen LogP contribution is -2.31. The van der Waals surface area contributed by atoms with Crippen LogP contribution in [-0.4, -0.2) is 40.7 Å². The van der Waals surface area contributed by atoms with Crippen LogP contribution in [0.4, 0.5) is 5.69 Å². The van der Waals surface area contributed by atoms with Crippen molar-refractivity contribution in [3.05, 3.63) is 54.1 Å². The fourth-order valence-corrected chi connectivity index (χ4v) is 3.89. The number of nitrogens with one attached hydrogen (secondary N) is 2. The summed E-state index contributed by atoms with van der Waals surface area (Å²) in [6.45, 7) is 0.917. The lowest BCUT2D eigenvalue weighted by atomic mass is 10.2. The van der Waals surface area contributed by atoms with Gasteiger partial charge in [-0.15, -0.1) is 0 Å². The third kappa shape index (κ3) is 4.85. The molecule has 0 radical (unpaired) electrons. The standard InChI is InChI=1S/C19H22N2O5S/c1-25-18-7-3-2-6-17(18)21-19(22)14-8-10-16(11-9-14)27(23,24)20-13-15-5-4-12-26-15/h2-3,6-11,15,20H,4-5,12-13H2,1H3,(H,21,22)/t15-/m1/s1. The Bertz CT molecular complexity index is 891. The van der Waals surface area contributed by atoms with E-state index >= 15 is 0 Å². The zero-order valence-electron chi connectivity index (χ0n) is 15.0. The molecule has 1 fully saturated rings. The van der Waals surface area contributed by atoms with Gasteiger partial charge in [-0.2, -0.15) is 0 Å². The van der Waals surface area contributed by atoms with Crippen molar-refractivity contribution in [2.24, 2.45) is 0 Å². The Labute approximate surface area is 158 Å². The SMILES string of the molecule is COc1ccccc1NC(=O)c1ccc(S(=O)(=O)NC[C@H]2CCCO2)cc1. The van der Waals surface area contributed by atoms with Crippen LogP contribution in [0.1, 0.15) is 23.2 Å². The lowest BCUT2D eigenvalue weighted by Gasteiger charge is -2.12. The molecule has 0 aromatic heterocycles. The summed E-state index contributed by atoms with van der Waals surface area (Å²) in [4.78, 5) is 12.5. The summed E-state index contributed by atoms with van der Waals surface area (Å²) in [5.74, 6) is 0.194. The van der Waals surface area contributed by atoms with E-state index in [1.165, 1.54) is 31.4 Å². The number of carbonyl (C=O) groups is 1. The number of anilines is 1. The quantitative estimate of drug-likeness (QED) is 0.757. The first kappa shape index (κ1) is 19.3. The van der Waals surface area contributed by atoms with Gasteiger partial charge in [0.25, 0.3) is 5.91 Å². The van der Waals surface area contributed by atoms with Crippen molar-refractivity contribution in [3.63, 3.8) is 0 Å². The topological polar surface area (TPSA) is 93.7 Å². The molecule has 1 saturated heterocycles. The number of benzene rings is 2. The number of sulfonamides is 1. The first-order valence-corrected chi connectivity index (χ1v) is 10.1. The Balaban J connectivity index is 1.66. The second-order valence-electron chi connectivity index (χ2n) is 6.17. The van der Waals surface area contributed by atoms with Gasteiger partial charge < -0.3 is 14.8 Å². The summed E-state index contributed by atoms with van der Waals surface area (Å²) < 4.78 is 37.9. The van der Waals surface area contributed by atoms with Crippen molar-refractivity contribution in [2.75, 3.05) is 25.6 Å². The van der Waals surface area contributed by atoms with Crippen LogP contribution < -0.4 is 14.8 Å². The molecule has 0 saturated carbocycles. The minimum absolute atomic E-state index is 0.0781. The Morgan fingerprint density at radius 2 is 1.93 bits per heavy atom. The predicted molar refractivity (Wildman–Crippen MR) is 102 cm³/mol. The van der Waals surface area contributed by atoms with Gasteiger partial charge in [0.1, 0.15) is 5.75 Å². The molecular formula is C19H22N2O5S. The highest BCUT2D eigenvalue weighted by Gasteiger charge is 2.20. The maximum Gasteiger partial charge on any atom is 0.255 e. The summed E-state index contributed by atoms with van der Waals surface area (Å²) in [5, 5.41) is 2.75. The minimum Gasteiger partial charge on any atom is -0.495 e. The van der Waals surface area contributed by atoms with Crippen LogP contribution in [0.3, 0.4) is 0 Å². The normalized spacial score (nSPS) is 16.9. The van der Waals surface area contributed by atoms with Crippen LogP contribution in [0.2, 0.25) is 0 Å². The minimum atomic E-state index is -3.64. The second-order valence-corrected chi connectivity index (χ2v) is 7.93. The van der Waals surface area contributed by atoms with E-state index in [1.54, 1.807) is 24.3 Å². The molecule has 0 bridgehead atoms. The van der Waals surface area contributed by atoms with E-state index in [-0.39, 0.29) is 23.5 Å². The second kappa shape index (κ2) is 8.51. The van der Waals surface area contributed by atoms with E-state index in [2.05, 4.69) is 10.0 Å². The molecule has 8 heteroatoms. The van der Waals surface area contributed by atoms with Crippen LogP contribution in [-0.2, 0) is 14.8 Å². The Kier molecular flexibility index (Phi) is 6.10. The summed E-state index contributed by atoms with van der Waals surface area (Å²) >= 11 is 0. The van der Waals surface area contributed by atoms with Gasteiger partial charge in [0.05, 0.1) is 23.8 Å². The number of hydrogen-bond acceptors (Lipinski definition) is 5. The molecule has 1 aliphatic rings. The smallest absolute Gasteiger partial charge is 0.255 e. The maximum absolute atomic E-state index is 12.4. The summed E-state index contributed by atoms with van der Waals surface area (Å²) in [7, 11) is -2.12. The Morgan fingerprint density at radius 1 is 1.19 bits per heavy atom. The summed E-state index contributed by atoms with van der Waals surface area (Å²) in [5.41, 5.74) is 0.888. The number of ether oxygens (including phenoxy) is 2. The number of rotatable bonds is 7. The van der Waals surface area contributed by atoms with E-state index in [9.17, 15) is 13.2 Å². The molecule has 2 N–H and O–H groups in total. The molecule has 3 rings (SSSR count). The van der Waals surface area contributed by atoms with Crippen LogP contribution in [0.5, 0.6) is 5.75 Å². The molecule has 1 atom stereocenters. The van der Waals surface area contributed by atoms with Crippen molar-refractivity contribution >= 4 is 21.6 Å². The predicted octanol–water partition coefficient (Wildman–Crippen LogP) is 2.40. The Hall–Kier alpha value is -2.42. The van der Waals surface area contributed by atoms with Gasteiger partial charge in [0.15, 0.2) is 0 Å². The van der Waals surface area contributed by atoms with Gasteiger partial charge >= 0.3 is 0 Å². The van der Waals surface area contributed by atoms with E-state index in [0.29, 0.717) is 23.6 Å². The third-order valence-electron chi connectivity index (χ3n) is 4.31.